The summed E-state index contributed by atoms with van der Waals surface area (Å²) in [5, 5.41) is 7.20. The maximum absolute atomic E-state index is 12.7. The van der Waals surface area contributed by atoms with Gasteiger partial charge in [-0.25, -0.2) is 0 Å². The van der Waals surface area contributed by atoms with Crippen LogP contribution in [0.1, 0.15) is 23.3 Å². The van der Waals surface area contributed by atoms with Crippen LogP contribution in [0.2, 0.25) is 0 Å². The van der Waals surface area contributed by atoms with Gasteiger partial charge in [-0.15, -0.1) is 0 Å². The molecule has 0 spiro atoms. The molecule has 1 aliphatic carbocycles. The van der Waals surface area contributed by atoms with Crippen LogP contribution in [0, 0.1) is 5.92 Å². The first-order valence-corrected chi connectivity index (χ1v) is 9.31. The van der Waals surface area contributed by atoms with Crippen molar-refractivity contribution >= 4 is 21.8 Å². The molecule has 126 valence electrons. The second kappa shape index (κ2) is 6.69. The summed E-state index contributed by atoms with van der Waals surface area (Å²) in [5.74, 6) is 0.963. The average molecular weight is 389 g/mol. The molecule has 1 amide bonds. The molecule has 2 aromatic rings. The second-order valence-corrected chi connectivity index (χ2v) is 7.63. The van der Waals surface area contributed by atoms with Crippen molar-refractivity contribution in [2.45, 2.75) is 12.8 Å². The van der Waals surface area contributed by atoms with Gasteiger partial charge in [0.05, 0.1) is 5.69 Å². The van der Waals surface area contributed by atoms with Gasteiger partial charge in [0.1, 0.15) is 5.69 Å². The minimum Gasteiger partial charge on any atom is -0.335 e. The van der Waals surface area contributed by atoms with Gasteiger partial charge in [0, 0.05) is 42.8 Å². The molecule has 4 rings (SSSR count). The second-order valence-electron chi connectivity index (χ2n) is 6.71. The van der Waals surface area contributed by atoms with Gasteiger partial charge in [0.2, 0.25) is 0 Å². The van der Waals surface area contributed by atoms with Crippen molar-refractivity contribution in [1.29, 1.82) is 0 Å². The number of nitrogens with one attached hydrogen (secondary N) is 1. The Morgan fingerprint density at radius 2 is 1.88 bits per heavy atom. The molecule has 1 saturated heterocycles. The highest BCUT2D eigenvalue weighted by molar-refractivity contribution is 9.10. The zero-order chi connectivity index (χ0) is 16.5. The summed E-state index contributed by atoms with van der Waals surface area (Å²) in [6.45, 7) is 4.78. The quantitative estimate of drug-likeness (QED) is 0.875. The molecule has 1 aliphatic heterocycles. The van der Waals surface area contributed by atoms with E-state index in [2.05, 4.69) is 31.0 Å². The molecule has 2 heterocycles. The van der Waals surface area contributed by atoms with Crippen LogP contribution in [-0.2, 0) is 0 Å². The third-order valence-corrected chi connectivity index (χ3v) is 5.35. The molecule has 2 aliphatic rings. The number of aromatic amines is 1. The number of carbonyl (C=O) groups excluding carboxylic acids is 1. The fraction of sp³-hybridized carbons (Fsp3) is 0.444. The summed E-state index contributed by atoms with van der Waals surface area (Å²) in [7, 11) is 0. The fourth-order valence-electron chi connectivity index (χ4n) is 3.17. The van der Waals surface area contributed by atoms with E-state index in [0.717, 1.165) is 47.8 Å². The monoisotopic (exact) mass is 388 g/mol. The number of nitrogens with zero attached hydrogens (tertiary/aromatic N) is 3. The van der Waals surface area contributed by atoms with E-state index in [1.54, 1.807) is 0 Å². The minimum absolute atomic E-state index is 0.0527. The van der Waals surface area contributed by atoms with Gasteiger partial charge in [0.15, 0.2) is 0 Å². The molecule has 1 aromatic heterocycles. The van der Waals surface area contributed by atoms with Crippen LogP contribution in [-0.4, -0.2) is 58.6 Å². The van der Waals surface area contributed by atoms with E-state index < -0.39 is 0 Å². The Balaban J connectivity index is 1.39. The standard InChI is InChI=1S/C18H21BrN4O/c19-15-5-3-14(4-6-15)16-11-17(21-20-16)18(24)23-9-7-22(8-10-23)12-13-1-2-13/h3-6,11,13H,1-2,7-10,12H2,(H,20,21). The van der Waals surface area contributed by atoms with Crippen molar-refractivity contribution in [3.63, 3.8) is 0 Å². The van der Waals surface area contributed by atoms with E-state index in [-0.39, 0.29) is 5.91 Å². The first-order chi connectivity index (χ1) is 11.7. The smallest absolute Gasteiger partial charge is 0.271 e. The van der Waals surface area contributed by atoms with Crippen molar-refractivity contribution in [1.82, 2.24) is 20.0 Å². The topological polar surface area (TPSA) is 52.2 Å². The number of H-pyrrole nitrogens is 1. The Morgan fingerprint density at radius 1 is 1.17 bits per heavy atom. The Labute approximate surface area is 150 Å². The summed E-state index contributed by atoms with van der Waals surface area (Å²) in [6.07, 6.45) is 2.76. The van der Waals surface area contributed by atoms with Crippen LogP contribution in [0.15, 0.2) is 34.8 Å². The van der Waals surface area contributed by atoms with E-state index >= 15 is 0 Å². The molecule has 5 nitrogen and oxygen atoms in total. The van der Waals surface area contributed by atoms with Crippen molar-refractivity contribution < 1.29 is 4.79 Å². The van der Waals surface area contributed by atoms with E-state index in [4.69, 9.17) is 0 Å². The summed E-state index contributed by atoms with van der Waals surface area (Å²) in [4.78, 5) is 17.1. The van der Waals surface area contributed by atoms with Crippen molar-refractivity contribution in [2.75, 3.05) is 32.7 Å². The number of carbonyl (C=O) groups is 1. The van der Waals surface area contributed by atoms with Gasteiger partial charge in [-0.2, -0.15) is 5.10 Å². The molecule has 1 N–H and O–H groups in total. The van der Waals surface area contributed by atoms with Crippen molar-refractivity contribution in [3.8, 4) is 11.3 Å². The Bertz CT molecular complexity index is 715. The molecule has 2 fully saturated rings. The number of aromatic nitrogens is 2. The van der Waals surface area contributed by atoms with Gasteiger partial charge in [0.25, 0.3) is 5.91 Å². The normalized spacial score (nSPS) is 18.8. The molecule has 0 unspecified atom stereocenters. The molecule has 0 radical (unpaired) electrons. The predicted molar refractivity (Wildman–Crippen MR) is 96.8 cm³/mol. The molecule has 0 bridgehead atoms. The molecular weight excluding hydrogens is 368 g/mol. The van der Waals surface area contributed by atoms with Crippen molar-refractivity contribution in [3.05, 3.63) is 40.5 Å². The van der Waals surface area contributed by atoms with E-state index in [9.17, 15) is 4.79 Å². The zero-order valence-corrected chi connectivity index (χ0v) is 15.1. The fourth-order valence-corrected chi connectivity index (χ4v) is 3.43. The molecular formula is C18H21BrN4O. The van der Waals surface area contributed by atoms with E-state index in [0.29, 0.717) is 5.69 Å². The maximum atomic E-state index is 12.7. The molecule has 1 aromatic carbocycles. The van der Waals surface area contributed by atoms with E-state index in [1.165, 1.54) is 19.4 Å². The largest absolute Gasteiger partial charge is 0.335 e. The van der Waals surface area contributed by atoms with Gasteiger partial charge in [-0.05, 0) is 37.0 Å². The highest BCUT2D eigenvalue weighted by atomic mass is 79.9. The van der Waals surface area contributed by atoms with Crippen LogP contribution in [0.4, 0.5) is 0 Å². The van der Waals surface area contributed by atoms with E-state index in [1.807, 2.05) is 35.2 Å². The van der Waals surface area contributed by atoms with Crippen LogP contribution < -0.4 is 0 Å². The number of hydrogen-bond acceptors (Lipinski definition) is 3. The third-order valence-electron chi connectivity index (χ3n) is 4.82. The van der Waals surface area contributed by atoms with Crippen LogP contribution >= 0.6 is 15.9 Å². The highest BCUT2D eigenvalue weighted by Crippen LogP contribution is 2.30. The predicted octanol–water partition coefficient (Wildman–Crippen LogP) is 3.01. The Kier molecular flexibility index (Phi) is 4.41. The van der Waals surface area contributed by atoms with Crippen LogP contribution in [0.3, 0.4) is 0 Å². The summed E-state index contributed by atoms with van der Waals surface area (Å²) in [5.41, 5.74) is 2.38. The first-order valence-electron chi connectivity index (χ1n) is 8.52. The lowest BCUT2D eigenvalue weighted by Gasteiger charge is -2.34. The number of piperazine rings is 1. The number of amides is 1. The van der Waals surface area contributed by atoms with Crippen LogP contribution in [0.5, 0.6) is 0 Å². The zero-order valence-electron chi connectivity index (χ0n) is 13.5. The maximum Gasteiger partial charge on any atom is 0.271 e. The molecule has 1 saturated carbocycles. The first kappa shape index (κ1) is 15.8. The summed E-state index contributed by atoms with van der Waals surface area (Å²) >= 11 is 3.43. The van der Waals surface area contributed by atoms with Crippen LogP contribution in [0.25, 0.3) is 11.3 Å². The minimum atomic E-state index is 0.0527. The van der Waals surface area contributed by atoms with Gasteiger partial charge < -0.3 is 4.90 Å². The number of rotatable bonds is 4. The highest BCUT2D eigenvalue weighted by Gasteiger charge is 2.28. The lowest BCUT2D eigenvalue weighted by atomic mass is 10.1. The number of hydrogen-bond donors (Lipinski definition) is 1. The SMILES string of the molecule is O=C(c1cc(-c2ccc(Br)cc2)n[nH]1)N1CCN(CC2CC2)CC1. The van der Waals surface area contributed by atoms with Gasteiger partial charge in [-0.1, -0.05) is 28.1 Å². The lowest BCUT2D eigenvalue weighted by molar-refractivity contribution is 0.0626. The Morgan fingerprint density at radius 3 is 2.54 bits per heavy atom. The average Bonchev–Trinajstić information content (AvgIpc) is 3.28. The molecule has 0 atom stereocenters. The van der Waals surface area contributed by atoms with Gasteiger partial charge >= 0.3 is 0 Å². The van der Waals surface area contributed by atoms with Gasteiger partial charge in [-0.3, -0.25) is 14.8 Å². The number of benzene rings is 1. The molecule has 24 heavy (non-hydrogen) atoms. The third kappa shape index (κ3) is 3.54. The molecule has 6 heteroatoms. The van der Waals surface area contributed by atoms with Crippen molar-refractivity contribution in [2.24, 2.45) is 5.92 Å². The summed E-state index contributed by atoms with van der Waals surface area (Å²) in [6, 6.07) is 9.79. The number of halogens is 1. The summed E-state index contributed by atoms with van der Waals surface area (Å²) < 4.78 is 1.03. The Hall–Kier alpha value is -1.66. The lowest BCUT2D eigenvalue weighted by Crippen LogP contribution is -2.49.